The van der Waals surface area contributed by atoms with E-state index in [1.165, 1.54) is 12.1 Å². The fourth-order valence-electron chi connectivity index (χ4n) is 1.59. The van der Waals surface area contributed by atoms with Gasteiger partial charge in [-0.15, -0.1) is 0 Å². The summed E-state index contributed by atoms with van der Waals surface area (Å²) >= 11 is 5.61. The van der Waals surface area contributed by atoms with Crippen LogP contribution in [0.15, 0.2) is 52.3 Å². The molecule has 2 aromatic rings. The molecule has 0 atom stereocenters. The second-order valence-corrected chi connectivity index (χ2v) is 6.13. The van der Waals surface area contributed by atoms with Crippen molar-refractivity contribution in [2.24, 2.45) is 0 Å². The highest BCUT2D eigenvalue weighted by Crippen LogP contribution is 2.30. The predicted molar refractivity (Wildman–Crippen MR) is 70.0 cm³/mol. The van der Waals surface area contributed by atoms with Gasteiger partial charge in [-0.1, -0.05) is 23.7 Å². The maximum Gasteiger partial charge on any atom is 0.289 e. The lowest BCUT2D eigenvalue weighted by molar-refractivity contribution is -0.384. The van der Waals surface area contributed by atoms with Crippen LogP contribution in [0, 0.1) is 15.9 Å². The van der Waals surface area contributed by atoms with E-state index in [-0.39, 0.29) is 5.02 Å². The fourth-order valence-corrected chi connectivity index (χ4v) is 3.13. The van der Waals surface area contributed by atoms with Gasteiger partial charge in [0, 0.05) is 6.07 Å². The van der Waals surface area contributed by atoms with Gasteiger partial charge in [-0.2, -0.15) is 0 Å². The lowest BCUT2D eigenvalue weighted by Gasteiger charge is -2.06. The summed E-state index contributed by atoms with van der Waals surface area (Å²) in [6.07, 6.45) is 0. The third kappa shape index (κ3) is 2.50. The number of nitro groups is 1. The van der Waals surface area contributed by atoms with E-state index >= 15 is 0 Å². The Hall–Kier alpha value is -1.99. The van der Waals surface area contributed by atoms with Crippen molar-refractivity contribution >= 4 is 27.1 Å². The molecule has 0 aliphatic rings. The smallest absolute Gasteiger partial charge is 0.258 e. The van der Waals surface area contributed by atoms with Crippen LogP contribution in [0.4, 0.5) is 10.1 Å². The SMILES string of the molecule is O=[N+]([O-])c1cc(S(=O)(=O)c2ccccc2F)ccc1Cl. The fraction of sp³-hybridized carbons (Fsp3) is 0. The molecule has 0 amide bonds. The molecule has 0 heterocycles. The van der Waals surface area contributed by atoms with Crippen LogP contribution < -0.4 is 0 Å². The Morgan fingerprint density at radius 3 is 2.40 bits per heavy atom. The van der Waals surface area contributed by atoms with Gasteiger partial charge < -0.3 is 0 Å². The first-order valence-electron chi connectivity index (χ1n) is 5.27. The van der Waals surface area contributed by atoms with Crippen LogP contribution in [0.3, 0.4) is 0 Å². The lowest BCUT2D eigenvalue weighted by Crippen LogP contribution is -2.05. The van der Waals surface area contributed by atoms with E-state index in [2.05, 4.69) is 0 Å². The van der Waals surface area contributed by atoms with Crippen LogP contribution in [0.2, 0.25) is 5.02 Å². The Kier molecular flexibility index (Phi) is 3.74. The van der Waals surface area contributed by atoms with Crippen molar-refractivity contribution in [3.05, 3.63) is 63.4 Å². The minimum absolute atomic E-state index is 0.192. The Morgan fingerprint density at radius 1 is 1.15 bits per heavy atom. The molecule has 0 bridgehead atoms. The largest absolute Gasteiger partial charge is 0.289 e. The molecule has 0 saturated heterocycles. The first-order chi connectivity index (χ1) is 9.34. The Balaban J connectivity index is 2.65. The van der Waals surface area contributed by atoms with Crippen LogP contribution in [0.5, 0.6) is 0 Å². The van der Waals surface area contributed by atoms with Gasteiger partial charge in [-0.05, 0) is 24.3 Å². The highest BCUT2D eigenvalue weighted by Gasteiger charge is 2.24. The molecule has 2 aromatic carbocycles. The average molecular weight is 316 g/mol. The summed E-state index contributed by atoms with van der Waals surface area (Å²) in [5.74, 6) is -0.926. The molecule has 2 rings (SSSR count). The van der Waals surface area contributed by atoms with E-state index in [1.54, 1.807) is 0 Å². The topological polar surface area (TPSA) is 77.3 Å². The number of halogens is 2. The molecule has 104 valence electrons. The van der Waals surface area contributed by atoms with E-state index in [0.29, 0.717) is 0 Å². The van der Waals surface area contributed by atoms with E-state index in [0.717, 1.165) is 30.3 Å². The molecular formula is C12H7ClFNO4S. The van der Waals surface area contributed by atoms with Crippen LogP contribution in [0.1, 0.15) is 0 Å². The zero-order chi connectivity index (χ0) is 14.9. The van der Waals surface area contributed by atoms with Crippen LogP contribution in [-0.2, 0) is 9.84 Å². The number of rotatable bonds is 3. The molecular weight excluding hydrogens is 309 g/mol. The van der Waals surface area contributed by atoms with Crippen molar-refractivity contribution in [1.29, 1.82) is 0 Å². The van der Waals surface area contributed by atoms with Gasteiger partial charge in [0.2, 0.25) is 9.84 Å². The molecule has 0 aromatic heterocycles. The monoisotopic (exact) mass is 315 g/mol. The molecule has 20 heavy (non-hydrogen) atoms. The quantitative estimate of drug-likeness (QED) is 0.643. The summed E-state index contributed by atoms with van der Waals surface area (Å²) in [6.45, 7) is 0. The molecule has 0 aliphatic heterocycles. The second kappa shape index (κ2) is 5.18. The van der Waals surface area contributed by atoms with Crippen molar-refractivity contribution in [3.8, 4) is 0 Å². The first-order valence-corrected chi connectivity index (χ1v) is 7.13. The number of sulfone groups is 1. The van der Waals surface area contributed by atoms with Gasteiger partial charge in [0.25, 0.3) is 5.69 Å². The zero-order valence-corrected chi connectivity index (χ0v) is 11.4. The number of benzene rings is 2. The normalized spacial score (nSPS) is 11.3. The molecule has 0 fully saturated rings. The number of hydrogen-bond donors (Lipinski definition) is 0. The van der Waals surface area contributed by atoms with Crippen LogP contribution in [0.25, 0.3) is 0 Å². The maximum atomic E-state index is 13.6. The third-order valence-corrected chi connectivity index (χ3v) is 4.66. The van der Waals surface area contributed by atoms with Crippen molar-refractivity contribution in [3.63, 3.8) is 0 Å². The molecule has 0 saturated carbocycles. The van der Waals surface area contributed by atoms with Crippen molar-refractivity contribution in [2.75, 3.05) is 0 Å². The summed E-state index contributed by atoms with van der Waals surface area (Å²) in [5, 5.41) is 10.6. The molecule has 0 unspecified atom stereocenters. The van der Waals surface area contributed by atoms with E-state index in [4.69, 9.17) is 11.6 Å². The van der Waals surface area contributed by atoms with E-state index in [1.807, 2.05) is 0 Å². The maximum absolute atomic E-state index is 13.6. The second-order valence-electron chi connectivity index (χ2n) is 3.80. The molecule has 0 aliphatic carbocycles. The molecule has 0 radical (unpaired) electrons. The van der Waals surface area contributed by atoms with Gasteiger partial charge >= 0.3 is 0 Å². The zero-order valence-electron chi connectivity index (χ0n) is 9.79. The van der Waals surface area contributed by atoms with Gasteiger partial charge in [-0.25, -0.2) is 12.8 Å². The summed E-state index contributed by atoms with van der Waals surface area (Å²) in [4.78, 5) is 9.02. The van der Waals surface area contributed by atoms with Gasteiger partial charge in [0.05, 0.1) is 9.82 Å². The first kappa shape index (κ1) is 14.4. The minimum Gasteiger partial charge on any atom is -0.258 e. The third-order valence-electron chi connectivity index (χ3n) is 2.55. The van der Waals surface area contributed by atoms with Crippen LogP contribution in [-0.4, -0.2) is 13.3 Å². The minimum atomic E-state index is -4.18. The Bertz CT molecular complexity index is 792. The van der Waals surface area contributed by atoms with Gasteiger partial charge in [-0.3, -0.25) is 10.1 Å². The molecule has 0 N–H and O–H groups in total. The van der Waals surface area contributed by atoms with Crippen molar-refractivity contribution < 1.29 is 17.7 Å². The summed E-state index contributed by atoms with van der Waals surface area (Å²) in [5.41, 5.74) is -0.552. The summed E-state index contributed by atoms with van der Waals surface area (Å²) < 4.78 is 38.0. The standard InChI is InChI=1S/C12H7ClFNO4S/c13-9-6-5-8(7-11(9)15(16)17)20(18,19)12-4-2-1-3-10(12)14/h1-7H. The van der Waals surface area contributed by atoms with Gasteiger partial charge in [0.1, 0.15) is 15.7 Å². The van der Waals surface area contributed by atoms with Crippen LogP contribution >= 0.6 is 11.6 Å². The van der Waals surface area contributed by atoms with E-state index in [9.17, 15) is 22.9 Å². The predicted octanol–water partition coefficient (Wildman–Crippen LogP) is 3.22. The van der Waals surface area contributed by atoms with Crippen molar-refractivity contribution in [1.82, 2.24) is 0 Å². The highest BCUT2D eigenvalue weighted by molar-refractivity contribution is 7.91. The summed E-state index contributed by atoms with van der Waals surface area (Å²) in [7, 11) is -4.18. The molecule has 0 spiro atoms. The summed E-state index contributed by atoms with van der Waals surface area (Å²) in [6, 6.07) is 7.79. The van der Waals surface area contributed by atoms with Crippen molar-refractivity contribution in [2.45, 2.75) is 9.79 Å². The Morgan fingerprint density at radius 2 is 1.80 bits per heavy atom. The lowest BCUT2D eigenvalue weighted by atomic mass is 10.3. The average Bonchev–Trinajstić information content (AvgIpc) is 2.38. The number of nitro benzene ring substituents is 1. The number of hydrogen-bond acceptors (Lipinski definition) is 4. The highest BCUT2D eigenvalue weighted by atomic mass is 35.5. The molecule has 8 heteroatoms. The van der Waals surface area contributed by atoms with E-state index < -0.39 is 36.1 Å². The van der Waals surface area contributed by atoms with Gasteiger partial charge in [0.15, 0.2) is 0 Å². The Labute approximate surface area is 118 Å². The molecule has 5 nitrogen and oxygen atoms in total. The number of nitrogens with zero attached hydrogens (tertiary/aromatic N) is 1.